The Hall–Kier alpha value is -3.47. The van der Waals surface area contributed by atoms with Crippen LogP contribution in [-0.2, 0) is 0 Å². The van der Waals surface area contributed by atoms with Crippen molar-refractivity contribution in [2.24, 2.45) is 0 Å². The number of H-pyrrole nitrogens is 1. The van der Waals surface area contributed by atoms with Crippen LogP contribution in [0.15, 0.2) is 24.7 Å². The third-order valence-electron chi connectivity index (χ3n) is 3.79. The number of nitro groups is 1. The van der Waals surface area contributed by atoms with Gasteiger partial charge in [-0.15, -0.1) is 0 Å². The van der Waals surface area contributed by atoms with Crippen molar-refractivity contribution in [1.29, 1.82) is 0 Å². The Balaban J connectivity index is 1.87. The molecule has 1 aromatic carbocycles. The van der Waals surface area contributed by atoms with Gasteiger partial charge < -0.3 is 19.8 Å². The molecule has 0 saturated carbocycles. The fourth-order valence-electron chi connectivity index (χ4n) is 2.66. The molecule has 0 amide bonds. The zero-order valence-electron chi connectivity index (χ0n) is 13.6. The number of fused-ring (bicyclic) bond motifs is 3. The third kappa shape index (κ3) is 2.54. The number of aromatic amines is 1. The van der Waals surface area contributed by atoms with E-state index in [0.29, 0.717) is 28.1 Å². The van der Waals surface area contributed by atoms with Gasteiger partial charge in [-0.05, 0) is 17.4 Å². The summed E-state index contributed by atoms with van der Waals surface area (Å²) >= 11 is 0.929. The second-order valence-electron chi connectivity index (χ2n) is 5.21. The minimum absolute atomic E-state index is 0.0527. The molecule has 0 unspecified atom stereocenters. The molecular formula is C15H12N6O4S. The number of nitrogens with zero attached hydrogens (tertiary/aromatic N) is 4. The van der Waals surface area contributed by atoms with E-state index < -0.39 is 4.92 Å². The van der Waals surface area contributed by atoms with E-state index in [2.05, 4.69) is 25.3 Å². The van der Waals surface area contributed by atoms with E-state index in [1.54, 1.807) is 14.2 Å². The van der Waals surface area contributed by atoms with E-state index in [-0.39, 0.29) is 5.00 Å². The standard InChI is InChI=1S/C15H12N6O4S/c1-24-9-3-7-8(4-10(9)25-2)19-13-12(7)14(18-6-17-13)20-15-16-5-11(26-15)21(22)23/h3-6H,1-2H3,(H2,16,17,18,19,20). The molecule has 26 heavy (non-hydrogen) atoms. The molecule has 11 heteroatoms. The molecule has 0 radical (unpaired) electrons. The van der Waals surface area contributed by atoms with Gasteiger partial charge in [0.05, 0.1) is 30.0 Å². The Morgan fingerprint density at radius 1 is 1.19 bits per heavy atom. The molecule has 0 fully saturated rings. The van der Waals surface area contributed by atoms with Crippen LogP contribution in [0.3, 0.4) is 0 Å². The van der Waals surface area contributed by atoms with Crippen LogP contribution in [0.5, 0.6) is 11.5 Å². The maximum atomic E-state index is 10.8. The summed E-state index contributed by atoms with van der Waals surface area (Å²) in [6, 6.07) is 3.64. The minimum Gasteiger partial charge on any atom is -0.493 e. The van der Waals surface area contributed by atoms with Crippen LogP contribution >= 0.6 is 11.3 Å². The number of methoxy groups -OCH3 is 2. The zero-order valence-corrected chi connectivity index (χ0v) is 14.5. The minimum atomic E-state index is -0.485. The van der Waals surface area contributed by atoms with Gasteiger partial charge in [-0.2, -0.15) is 0 Å². The molecule has 3 heterocycles. The monoisotopic (exact) mass is 372 g/mol. The average Bonchev–Trinajstić information content (AvgIpc) is 3.25. The van der Waals surface area contributed by atoms with E-state index in [1.165, 1.54) is 12.5 Å². The lowest BCUT2D eigenvalue weighted by molar-refractivity contribution is -0.380. The summed E-state index contributed by atoms with van der Waals surface area (Å²) in [5.74, 6) is 1.64. The highest BCUT2D eigenvalue weighted by atomic mass is 32.1. The van der Waals surface area contributed by atoms with Crippen molar-refractivity contribution in [3.05, 3.63) is 34.8 Å². The number of benzene rings is 1. The lowest BCUT2D eigenvalue weighted by atomic mass is 10.2. The Bertz CT molecular complexity index is 1140. The number of thiazole rings is 1. The maximum absolute atomic E-state index is 10.8. The summed E-state index contributed by atoms with van der Waals surface area (Å²) in [5, 5.41) is 15.7. The second kappa shape index (κ2) is 6.11. The smallest absolute Gasteiger partial charge is 0.345 e. The Morgan fingerprint density at radius 3 is 2.65 bits per heavy atom. The van der Waals surface area contributed by atoms with Gasteiger partial charge in [-0.3, -0.25) is 10.1 Å². The molecule has 3 aromatic heterocycles. The topological polar surface area (TPSA) is 128 Å². The molecule has 0 spiro atoms. The molecule has 2 N–H and O–H groups in total. The van der Waals surface area contributed by atoms with Gasteiger partial charge in [0.1, 0.15) is 24.0 Å². The van der Waals surface area contributed by atoms with Crippen molar-refractivity contribution in [3.8, 4) is 11.5 Å². The van der Waals surface area contributed by atoms with E-state index in [0.717, 1.165) is 27.6 Å². The summed E-state index contributed by atoms with van der Waals surface area (Å²) in [6.45, 7) is 0. The largest absolute Gasteiger partial charge is 0.493 e. The average molecular weight is 372 g/mol. The number of hydrogen-bond acceptors (Lipinski definition) is 9. The fourth-order valence-corrected chi connectivity index (χ4v) is 3.29. The van der Waals surface area contributed by atoms with Crippen LogP contribution in [0.2, 0.25) is 0 Å². The van der Waals surface area contributed by atoms with Crippen molar-refractivity contribution in [3.63, 3.8) is 0 Å². The molecule has 132 valence electrons. The number of hydrogen-bond donors (Lipinski definition) is 2. The van der Waals surface area contributed by atoms with Gasteiger partial charge in [0.2, 0.25) is 0 Å². The van der Waals surface area contributed by atoms with Gasteiger partial charge in [0.25, 0.3) is 0 Å². The van der Waals surface area contributed by atoms with E-state index in [1.807, 2.05) is 12.1 Å². The zero-order chi connectivity index (χ0) is 18.3. The van der Waals surface area contributed by atoms with Gasteiger partial charge >= 0.3 is 5.00 Å². The Morgan fingerprint density at radius 2 is 1.96 bits per heavy atom. The molecule has 10 nitrogen and oxygen atoms in total. The summed E-state index contributed by atoms with van der Waals surface area (Å²) in [4.78, 5) is 26.1. The maximum Gasteiger partial charge on any atom is 0.345 e. The second-order valence-corrected chi connectivity index (χ2v) is 6.22. The van der Waals surface area contributed by atoms with Gasteiger partial charge in [0, 0.05) is 11.5 Å². The first-order valence-electron chi connectivity index (χ1n) is 7.36. The van der Waals surface area contributed by atoms with E-state index in [9.17, 15) is 10.1 Å². The highest BCUT2D eigenvalue weighted by molar-refractivity contribution is 7.18. The number of aromatic nitrogens is 4. The van der Waals surface area contributed by atoms with Crippen molar-refractivity contribution in [2.45, 2.75) is 0 Å². The molecule has 0 atom stereocenters. The first-order chi connectivity index (χ1) is 12.6. The quantitative estimate of drug-likeness (QED) is 0.403. The molecule has 4 rings (SSSR count). The normalized spacial score (nSPS) is 11.0. The lowest BCUT2D eigenvalue weighted by Gasteiger charge is -2.07. The van der Waals surface area contributed by atoms with Crippen molar-refractivity contribution < 1.29 is 14.4 Å². The Labute approximate surface area is 150 Å². The summed E-state index contributed by atoms with van der Waals surface area (Å²) in [6.07, 6.45) is 2.60. The van der Waals surface area contributed by atoms with Crippen molar-refractivity contribution in [1.82, 2.24) is 19.9 Å². The van der Waals surface area contributed by atoms with Crippen LogP contribution in [0.1, 0.15) is 0 Å². The van der Waals surface area contributed by atoms with Gasteiger partial charge in [-0.25, -0.2) is 15.0 Å². The van der Waals surface area contributed by atoms with Crippen molar-refractivity contribution in [2.75, 3.05) is 19.5 Å². The molecule has 0 aliphatic heterocycles. The van der Waals surface area contributed by atoms with Crippen LogP contribution in [0, 0.1) is 10.1 Å². The fraction of sp³-hybridized carbons (Fsp3) is 0.133. The van der Waals surface area contributed by atoms with Crippen molar-refractivity contribution >= 4 is 49.2 Å². The predicted molar refractivity (Wildman–Crippen MR) is 96.5 cm³/mol. The van der Waals surface area contributed by atoms with Crippen LogP contribution in [0.25, 0.3) is 21.9 Å². The Kier molecular flexibility index (Phi) is 3.77. The molecule has 0 aliphatic carbocycles. The van der Waals surface area contributed by atoms with E-state index >= 15 is 0 Å². The number of rotatable bonds is 5. The molecule has 0 saturated heterocycles. The highest BCUT2D eigenvalue weighted by Crippen LogP contribution is 2.38. The van der Waals surface area contributed by atoms with E-state index in [4.69, 9.17) is 9.47 Å². The van der Waals surface area contributed by atoms with Crippen LogP contribution in [0.4, 0.5) is 16.0 Å². The summed E-state index contributed by atoms with van der Waals surface area (Å²) in [7, 11) is 3.12. The molecule has 0 aliphatic rings. The molecular weight excluding hydrogens is 360 g/mol. The van der Waals surface area contributed by atoms with Gasteiger partial charge in [-0.1, -0.05) is 0 Å². The number of anilines is 2. The van der Waals surface area contributed by atoms with Crippen LogP contribution in [-0.4, -0.2) is 39.1 Å². The van der Waals surface area contributed by atoms with Gasteiger partial charge in [0.15, 0.2) is 16.6 Å². The molecule has 4 aromatic rings. The highest BCUT2D eigenvalue weighted by Gasteiger charge is 2.17. The number of ether oxygens (including phenoxy) is 2. The lowest BCUT2D eigenvalue weighted by Crippen LogP contribution is -1.94. The van der Waals surface area contributed by atoms with Crippen LogP contribution < -0.4 is 14.8 Å². The first kappa shape index (κ1) is 16.0. The molecule has 0 bridgehead atoms. The SMILES string of the molecule is COc1cc2[nH]c3ncnc(Nc4ncc([N+](=O)[O-])s4)c3c2cc1OC. The predicted octanol–water partition coefficient (Wildman–Crippen LogP) is 3.24. The summed E-state index contributed by atoms with van der Waals surface area (Å²) < 4.78 is 10.7. The number of nitrogens with one attached hydrogen (secondary N) is 2. The first-order valence-corrected chi connectivity index (χ1v) is 8.18. The summed E-state index contributed by atoms with van der Waals surface area (Å²) in [5.41, 5.74) is 1.41. The third-order valence-corrected chi connectivity index (χ3v) is 4.66.